The second kappa shape index (κ2) is 5.52. The van der Waals surface area contributed by atoms with Crippen LogP contribution in [0.2, 0.25) is 0 Å². The van der Waals surface area contributed by atoms with Gasteiger partial charge >= 0.3 is 0 Å². The predicted octanol–water partition coefficient (Wildman–Crippen LogP) is 4.33. The molecule has 94 valence electrons. The summed E-state index contributed by atoms with van der Waals surface area (Å²) >= 11 is 0. The Morgan fingerprint density at radius 3 is 2.59 bits per heavy atom. The molecule has 1 aromatic rings. The van der Waals surface area contributed by atoms with Gasteiger partial charge in [0.15, 0.2) is 0 Å². The van der Waals surface area contributed by atoms with Crippen LogP contribution in [0.4, 0.5) is 10.1 Å². The van der Waals surface area contributed by atoms with Crippen molar-refractivity contribution in [1.82, 2.24) is 0 Å². The highest BCUT2D eigenvalue weighted by atomic mass is 19.1. The summed E-state index contributed by atoms with van der Waals surface area (Å²) in [5.74, 6) is 0. The molecule has 0 saturated heterocycles. The molecule has 2 heteroatoms. The summed E-state index contributed by atoms with van der Waals surface area (Å²) in [7, 11) is 0. The molecule has 0 amide bonds. The lowest BCUT2D eigenvalue weighted by atomic mass is 9.86. The highest BCUT2D eigenvalue weighted by molar-refractivity contribution is 5.51. The van der Waals surface area contributed by atoms with Crippen LogP contribution < -0.4 is 5.32 Å². The molecule has 0 bridgehead atoms. The molecule has 1 saturated carbocycles. The van der Waals surface area contributed by atoms with Crippen LogP contribution in [0.1, 0.15) is 44.6 Å². The van der Waals surface area contributed by atoms with Crippen LogP contribution in [-0.4, -0.2) is 12.2 Å². The van der Waals surface area contributed by atoms with Gasteiger partial charge in [0.05, 0.1) is 0 Å². The number of rotatable bonds is 4. The minimum absolute atomic E-state index is 0.462. The minimum atomic E-state index is -0.987. The fourth-order valence-electron chi connectivity index (χ4n) is 2.62. The molecule has 1 N–H and O–H groups in total. The summed E-state index contributed by atoms with van der Waals surface area (Å²) in [5, 5.41) is 3.30. The number of hydrogen-bond donors (Lipinski definition) is 1. The molecule has 1 aromatic carbocycles. The van der Waals surface area contributed by atoms with Gasteiger partial charge in [-0.15, -0.1) is 0 Å². The summed E-state index contributed by atoms with van der Waals surface area (Å²) in [6.45, 7) is 2.59. The molecule has 1 aliphatic rings. The summed E-state index contributed by atoms with van der Waals surface area (Å²) < 4.78 is 14.4. The molecule has 0 atom stereocenters. The number of aryl methyl sites for hydroxylation is 1. The first kappa shape index (κ1) is 12.4. The van der Waals surface area contributed by atoms with E-state index in [1.807, 2.05) is 18.2 Å². The fraction of sp³-hybridized carbons (Fsp3) is 0.600. The molecule has 0 spiro atoms. The molecule has 1 fully saturated rings. The Kier molecular flexibility index (Phi) is 4.03. The SMILES string of the molecule is CCc1ccccc1NCC1(F)CCCCC1. The molecule has 0 radical (unpaired) electrons. The highest BCUT2D eigenvalue weighted by Crippen LogP contribution is 2.32. The number of halogens is 1. The van der Waals surface area contributed by atoms with E-state index in [9.17, 15) is 4.39 Å². The molecule has 1 nitrogen and oxygen atoms in total. The number of hydrogen-bond acceptors (Lipinski definition) is 1. The zero-order valence-corrected chi connectivity index (χ0v) is 10.6. The number of para-hydroxylation sites is 1. The number of benzene rings is 1. The van der Waals surface area contributed by atoms with Crippen LogP contribution in [0.3, 0.4) is 0 Å². The van der Waals surface area contributed by atoms with Crippen molar-refractivity contribution in [2.45, 2.75) is 51.1 Å². The smallest absolute Gasteiger partial charge is 0.128 e. The summed E-state index contributed by atoms with van der Waals surface area (Å²) in [4.78, 5) is 0. The Morgan fingerprint density at radius 2 is 1.88 bits per heavy atom. The van der Waals surface area contributed by atoms with Gasteiger partial charge in [0.1, 0.15) is 5.67 Å². The van der Waals surface area contributed by atoms with Gasteiger partial charge in [-0.2, -0.15) is 0 Å². The predicted molar refractivity (Wildman–Crippen MR) is 71.2 cm³/mol. The van der Waals surface area contributed by atoms with E-state index < -0.39 is 5.67 Å². The van der Waals surface area contributed by atoms with Gasteiger partial charge in [-0.3, -0.25) is 0 Å². The van der Waals surface area contributed by atoms with Crippen LogP contribution in [0.15, 0.2) is 24.3 Å². The van der Waals surface area contributed by atoms with Crippen molar-refractivity contribution in [2.75, 3.05) is 11.9 Å². The van der Waals surface area contributed by atoms with Gasteiger partial charge < -0.3 is 5.32 Å². The lowest BCUT2D eigenvalue weighted by Gasteiger charge is -2.30. The number of anilines is 1. The van der Waals surface area contributed by atoms with E-state index in [0.29, 0.717) is 19.4 Å². The highest BCUT2D eigenvalue weighted by Gasteiger charge is 2.31. The fourth-order valence-corrected chi connectivity index (χ4v) is 2.62. The maximum atomic E-state index is 14.4. The molecule has 1 aliphatic carbocycles. The first-order valence-corrected chi connectivity index (χ1v) is 6.74. The standard InChI is InChI=1S/C15H22FN/c1-2-13-8-4-5-9-14(13)17-12-15(16)10-6-3-7-11-15/h4-5,8-9,17H,2-3,6-7,10-12H2,1H3. The molecular weight excluding hydrogens is 213 g/mol. The third-order valence-electron chi connectivity index (χ3n) is 3.74. The van der Waals surface area contributed by atoms with Crippen LogP contribution in [0.5, 0.6) is 0 Å². The van der Waals surface area contributed by atoms with Crippen molar-refractivity contribution in [2.24, 2.45) is 0 Å². The van der Waals surface area contributed by atoms with Crippen molar-refractivity contribution in [1.29, 1.82) is 0 Å². The zero-order chi connectivity index (χ0) is 12.1. The Morgan fingerprint density at radius 1 is 1.18 bits per heavy atom. The van der Waals surface area contributed by atoms with Crippen molar-refractivity contribution in [3.05, 3.63) is 29.8 Å². The normalized spacial score (nSPS) is 18.9. The number of nitrogens with one attached hydrogen (secondary N) is 1. The Balaban J connectivity index is 1.96. The number of alkyl halides is 1. The molecular formula is C15H22FN. The quantitative estimate of drug-likeness (QED) is 0.819. The van der Waals surface area contributed by atoms with Gasteiger partial charge in [-0.1, -0.05) is 44.4 Å². The van der Waals surface area contributed by atoms with Crippen molar-refractivity contribution < 1.29 is 4.39 Å². The van der Waals surface area contributed by atoms with Crippen molar-refractivity contribution in [3.63, 3.8) is 0 Å². The second-order valence-corrected chi connectivity index (χ2v) is 5.08. The molecule has 0 heterocycles. The average molecular weight is 235 g/mol. The van der Waals surface area contributed by atoms with Crippen LogP contribution in [-0.2, 0) is 6.42 Å². The van der Waals surface area contributed by atoms with Gasteiger partial charge in [-0.05, 0) is 30.9 Å². The summed E-state index contributed by atoms with van der Waals surface area (Å²) in [6.07, 6.45) is 5.68. The van der Waals surface area contributed by atoms with E-state index in [-0.39, 0.29) is 0 Å². The Labute approximate surface area is 103 Å². The molecule has 0 aromatic heterocycles. The molecule has 17 heavy (non-hydrogen) atoms. The second-order valence-electron chi connectivity index (χ2n) is 5.08. The third-order valence-corrected chi connectivity index (χ3v) is 3.74. The monoisotopic (exact) mass is 235 g/mol. The maximum absolute atomic E-state index is 14.4. The average Bonchev–Trinajstić information content (AvgIpc) is 2.38. The Hall–Kier alpha value is -1.05. The maximum Gasteiger partial charge on any atom is 0.128 e. The van der Waals surface area contributed by atoms with Crippen molar-refractivity contribution >= 4 is 5.69 Å². The molecule has 0 unspecified atom stereocenters. The molecule has 0 aliphatic heterocycles. The minimum Gasteiger partial charge on any atom is -0.382 e. The van der Waals surface area contributed by atoms with E-state index in [4.69, 9.17) is 0 Å². The van der Waals surface area contributed by atoms with E-state index in [1.165, 1.54) is 12.0 Å². The Bertz CT molecular complexity index is 356. The topological polar surface area (TPSA) is 12.0 Å². The van der Waals surface area contributed by atoms with Crippen LogP contribution in [0.25, 0.3) is 0 Å². The lowest BCUT2D eigenvalue weighted by molar-refractivity contribution is 0.122. The van der Waals surface area contributed by atoms with E-state index in [2.05, 4.69) is 18.3 Å². The van der Waals surface area contributed by atoms with Gasteiger partial charge in [0, 0.05) is 12.2 Å². The molecule has 2 rings (SSSR count). The third kappa shape index (κ3) is 3.21. The lowest BCUT2D eigenvalue weighted by Crippen LogP contribution is -2.34. The van der Waals surface area contributed by atoms with E-state index in [0.717, 1.165) is 24.9 Å². The van der Waals surface area contributed by atoms with Gasteiger partial charge in [-0.25, -0.2) is 4.39 Å². The van der Waals surface area contributed by atoms with E-state index in [1.54, 1.807) is 0 Å². The first-order chi connectivity index (χ1) is 8.23. The van der Waals surface area contributed by atoms with Crippen LogP contribution >= 0.6 is 0 Å². The summed E-state index contributed by atoms with van der Waals surface area (Å²) in [6, 6.07) is 8.20. The zero-order valence-electron chi connectivity index (χ0n) is 10.6. The van der Waals surface area contributed by atoms with Crippen LogP contribution in [0, 0.1) is 0 Å². The van der Waals surface area contributed by atoms with Gasteiger partial charge in [0.2, 0.25) is 0 Å². The first-order valence-electron chi connectivity index (χ1n) is 6.74. The summed E-state index contributed by atoms with van der Waals surface area (Å²) in [5.41, 5.74) is 1.38. The van der Waals surface area contributed by atoms with Crippen molar-refractivity contribution in [3.8, 4) is 0 Å². The largest absolute Gasteiger partial charge is 0.382 e. The van der Waals surface area contributed by atoms with Gasteiger partial charge in [0.25, 0.3) is 0 Å². The van der Waals surface area contributed by atoms with E-state index >= 15 is 0 Å².